The second-order valence-electron chi connectivity index (χ2n) is 13.4. The van der Waals surface area contributed by atoms with Crippen molar-refractivity contribution in [3.05, 3.63) is 59.4 Å². The Morgan fingerprint density at radius 1 is 1.04 bits per heavy atom. The molecule has 0 bridgehead atoms. The smallest absolute Gasteiger partial charge is 0.282 e. The van der Waals surface area contributed by atoms with Gasteiger partial charge in [-0.15, -0.1) is 10.2 Å². The Bertz CT molecular complexity index is 1580. The van der Waals surface area contributed by atoms with E-state index in [0.29, 0.717) is 25.3 Å². The number of aldehydes is 1. The van der Waals surface area contributed by atoms with Gasteiger partial charge in [-0.1, -0.05) is 0 Å². The molecule has 3 saturated heterocycles. The van der Waals surface area contributed by atoms with Crippen LogP contribution in [0.3, 0.4) is 0 Å². The van der Waals surface area contributed by atoms with Crippen LogP contribution in [-0.2, 0) is 22.4 Å². The van der Waals surface area contributed by atoms with Gasteiger partial charge in [-0.05, 0) is 56.6 Å². The van der Waals surface area contributed by atoms with Crippen LogP contribution in [0, 0.1) is 11.2 Å². The number of carbonyl (C=O) groups is 1. The predicted octanol–water partition coefficient (Wildman–Crippen LogP) is 2.91. The molecule has 4 fully saturated rings. The summed E-state index contributed by atoms with van der Waals surface area (Å²) in [5.41, 5.74) is 2.57. The van der Waals surface area contributed by atoms with E-state index in [1.165, 1.54) is 24.0 Å². The third-order valence-corrected chi connectivity index (χ3v) is 9.97. The number of carbonyl (C=O) groups excluding carboxylic acids is 1. The van der Waals surface area contributed by atoms with Crippen LogP contribution in [0.4, 0.5) is 10.2 Å². The maximum atomic E-state index is 13.6. The highest BCUT2D eigenvalue weighted by Gasteiger charge is 2.54. The fourth-order valence-electron chi connectivity index (χ4n) is 7.70. The second kappa shape index (κ2) is 12.1. The van der Waals surface area contributed by atoms with Gasteiger partial charge in [0.25, 0.3) is 5.88 Å². The highest BCUT2D eigenvalue weighted by Crippen LogP contribution is 2.52. The number of anilines is 1. The Kier molecular flexibility index (Phi) is 7.79. The fraction of sp³-hybridized carbons (Fsp3) is 0.545. The lowest BCUT2D eigenvalue weighted by Crippen LogP contribution is -2.67. The SMILES string of the molecule is O=Cc1cc(F)ccc1Oc1nncnc1N1CC2(CC(Oc3ccnc4c3CN(CCCN3CC5(COCCO5)C3)CC4)C2)C1. The fourth-order valence-corrected chi connectivity index (χ4v) is 7.70. The number of hydrogen-bond donors (Lipinski definition) is 0. The summed E-state index contributed by atoms with van der Waals surface area (Å²) >= 11 is 0. The van der Waals surface area contributed by atoms with Gasteiger partial charge in [0.05, 0.1) is 25.4 Å². The number of hydrogen-bond acceptors (Lipinski definition) is 12. The summed E-state index contributed by atoms with van der Waals surface area (Å²) < 4.78 is 37.7. The zero-order chi connectivity index (χ0) is 31.1. The number of fused-ring (bicyclic) bond motifs is 1. The van der Waals surface area contributed by atoms with Crippen LogP contribution in [0.2, 0.25) is 0 Å². The largest absolute Gasteiger partial charge is 0.490 e. The first-order chi connectivity index (χ1) is 22.5. The van der Waals surface area contributed by atoms with Crippen LogP contribution in [0.15, 0.2) is 36.8 Å². The zero-order valence-corrected chi connectivity index (χ0v) is 25.8. The molecule has 242 valence electrons. The van der Waals surface area contributed by atoms with Crippen molar-refractivity contribution >= 4 is 12.1 Å². The van der Waals surface area contributed by atoms with Crippen molar-refractivity contribution in [3.8, 4) is 17.4 Å². The minimum Gasteiger partial charge on any atom is -0.490 e. The molecule has 0 radical (unpaired) electrons. The Hall–Kier alpha value is -3.78. The Balaban J connectivity index is 0.826. The van der Waals surface area contributed by atoms with Gasteiger partial charge in [0.15, 0.2) is 12.1 Å². The van der Waals surface area contributed by atoms with Gasteiger partial charge in [0.2, 0.25) is 0 Å². The van der Waals surface area contributed by atoms with Crippen LogP contribution in [0.1, 0.15) is 40.9 Å². The molecule has 1 saturated carbocycles. The highest BCUT2D eigenvalue weighted by molar-refractivity contribution is 5.79. The molecule has 4 aliphatic heterocycles. The summed E-state index contributed by atoms with van der Waals surface area (Å²) in [5.74, 6) is 1.40. The first kappa shape index (κ1) is 29.6. The van der Waals surface area contributed by atoms with Crippen molar-refractivity contribution in [2.24, 2.45) is 5.41 Å². The van der Waals surface area contributed by atoms with E-state index >= 15 is 0 Å². The maximum Gasteiger partial charge on any atom is 0.282 e. The number of nitrogens with zero attached hydrogens (tertiary/aromatic N) is 7. The van der Waals surface area contributed by atoms with Gasteiger partial charge in [-0.3, -0.25) is 19.6 Å². The molecule has 0 N–H and O–H groups in total. The van der Waals surface area contributed by atoms with Crippen molar-refractivity contribution in [3.63, 3.8) is 0 Å². The van der Waals surface area contributed by atoms with Crippen LogP contribution in [-0.4, -0.2) is 114 Å². The van der Waals surface area contributed by atoms with E-state index in [0.717, 1.165) is 102 Å². The first-order valence-corrected chi connectivity index (χ1v) is 16.1. The standard InChI is InChI=1S/C33H38FN7O5/c34-24-2-3-28(23(12-24)16-42)46-31-30(36-22-37-38-31)41-17-32(18-41)13-25(14-32)45-29-4-6-35-27-5-9-39(15-26(27)29)7-1-8-40-19-33(20-40)21-43-10-11-44-33/h2-4,6,12,16,22,25H,1,5,7-11,13-15,17-21H2. The molecule has 46 heavy (non-hydrogen) atoms. The first-order valence-electron chi connectivity index (χ1n) is 16.1. The second-order valence-corrected chi connectivity index (χ2v) is 13.4. The van der Waals surface area contributed by atoms with Gasteiger partial charge < -0.3 is 23.8 Å². The van der Waals surface area contributed by atoms with Crippen LogP contribution >= 0.6 is 0 Å². The summed E-state index contributed by atoms with van der Waals surface area (Å²) in [6.07, 6.45) is 7.94. The van der Waals surface area contributed by atoms with E-state index < -0.39 is 5.82 Å². The monoisotopic (exact) mass is 631 g/mol. The van der Waals surface area contributed by atoms with Gasteiger partial charge in [0.1, 0.15) is 35.3 Å². The molecule has 0 unspecified atom stereocenters. The minimum absolute atomic E-state index is 0.0595. The Morgan fingerprint density at radius 2 is 1.91 bits per heavy atom. The van der Waals surface area contributed by atoms with Crippen molar-refractivity contribution in [1.29, 1.82) is 0 Å². The van der Waals surface area contributed by atoms with E-state index in [1.54, 1.807) is 0 Å². The number of rotatable bonds is 10. The van der Waals surface area contributed by atoms with Crippen molar-refractivity contribution in [2.75, 3.05) is 70.5 Å². The van der Waals surface area contributed by atoms with Gasteiger partial charge in [0, 0.05) is 68.6 Å². The number of benzene rings is 1. The van der Waals surface area contributed by atoms with E-state index in [1.807, 2.05) is 12.3 Å². The Labute approximate surface area is 266 Å². The molecular formula is C33H38FN7O5. The topological polar surface area (TPSA) is 115 Å². The van der Waals surface area contributed by atoms with E-state index in [2.05, 4.69) is 34.9 Å². The van der Waals surface area contributed by atoms with Crippen molar-refractivity contribution in [2.45, 2.75) is 43.9 Å². The van der Waals surface area contributed by atoms with Gasteiger partial charge >= 0.3 is 0 Å². The molecule has 0 atom stereocenters. The predicted molar refractivity (Wildman–Crippen MR) is 164 cm³/mol. The summed E-state index contributed by atoms with van der Waals surface area (Å²) in [5, 5.41) is 7.96. The number of pyridine rings is 1. The van der Waals surface area contributed by atoms with Crippen LogP contribution < -0.4 is 14.4 Å². The molecule has 2 aromatic heterocycles. The molecule has 3 aromatic rings. The molecule has 12 nitrogen and oxygen atoms in total. The molecule has 2 spiro atoms. The average Bonchev–Trinajstić information content (AvgIpc) is 3.02. The van der Waals surface area contributed by atoms with Gasteiger partial charge in [-0.25, -0.2) is 9.37 Å². The number of likely N-dealkylation sites (tertiary alicyclic amines) is 1. The van der Waals surface area contributed by atoms with E-state index in [4.69, 9.17) is 18.9 Å². The van der Waals surface area contributed by atoms with Crippen LogP contribution in [0.5, 0.6) is 17.4 Å². The molecule has 0 amide bonds. The molecule has 1 aliphatic carbocycles. The lowest BCUT2D eigenvalue weighted by Gasteiger charge is -2.58. The zero-order valence-electron chi connectivity index (χ0n) is 25.8. The third-order valence-electron chi connectivity index (χ3n) is 9.97. The highest BCUT2D eigenvalue weighted by atomic mass is 19.1. The van der Waals surface area contributed by atoms with Crippen molar-refractivity contribution < 1.29 is 28.1 Å². The number of ether oxygens (including phenoxy) is 4. The van der Waals surface area contributed by atoms with Gasteiger partial charge in [-0.2, -0.15) is 0 Å². The number of halogens is 1. The van der Waals surface area contributed by atoms with E-state index in [9.17, 15) is 9.18 Å². The lowest BCUT2D eigenvalue weighted by molar-refractivity contribution is -0.216. The van der Waals surface area contributed by atoms with Crippen LogP contribution in [0.25, 0.3) is 0 Å². The summed E-state index contributed by atoms with van der Waals surface area (Å²) in [7, 11) is 0. The molecule has 13 heteroatoms. The third kappa shape index (κ3) is 5.81. The number of aromatic nitrogens is 4. The lowest BCUT2D eigenvalue weighted by atomic mass is 9.61. The normalized spacial score (nSPS) is 22.1. The summed E-state index contributed by atoms with van der Waals surface area (Å²) in [4.78, 5) is 27.6. The van der Waals surface area contributed by atoms with E-state index in [-0.39, 0.29) is 34.3 Å². The average molecular weight is 632 g/mol. The summed E-state index contributed by atoms with van der Waals surface area (Å²) in [6, 6.07) is 5.79. The molecular weight excluding hydrogens is 593 g/mol. The maximum absolute atomic E-state index is 13.6. The Morgan fingerprint density at radius 3 is 2.74 bits per heavy atom. The molecule has 6 heterocycles. The minimum atomic E-state index is -0.514. The quantitative estimate of drug-likeness (QED) is 0.307. The molecule has 1 aromatic carbocycles. The molecule has 8 rings (SSSR count). The van der Waals surface area contributed by atoms with Crippen molar-refractivity contribution in [1.82, 2.24) is 30.0 Å². The summed E-state index contributed by atoms with van der Waals surface area (Å²) in [6.45, 7) is 9.71. The molecule has 5 aliphatic rings.